The lowest BCUT2D eigenvalue weighted by Gasteiger charge is -2.36. The smallest absolute Gasteiger partial charge is 0.309 e. The maximum Gasteiger partial charge on any atom is 0.309 e. The molecule has 1 aromatic rings. The van der Waals surface area contributed by atoms with Crippen LogP contribution in [-0.2, 0) is 11.3 Å². The Morgan fingerprint density at radius 3 is 2.64 bits per heavy atom. The predicted molar refractivity (Wildman–Crippen MR) is 79.4 cm³/mol. The Bertz CT molecular complexity index is 585. The molecule has 2 atom stereocenters. The maximum absolute atomic E-state index is 12.1. The maximum atomic E-state index is 12.1. The number of carbonyl (C=O) groups is 1. The van der Waals surface area contributed by atoms with E-state index >= 15 is 0 Å². The summed E-state index contributed by atoms with van der Waals surface area (Å²) >= 11 is 0. The van der Waals surface area contributed by atoms with Gasteiger partial charge in [-0.3, -0.25) is 19.6 Å². The highest BCUT2D eigenvalue weighted by Crippen LogP contribution is 2.34. The Kier molecular flexibility index (Phi) is 3.86. The van der Waals surface area contributed by atoms with E-state index in [1.165, 1.54) is 23.7 Å². The molecule has 0 aliphatic carbocycles. The quantitative estimate of drug-likeness (QED) is 0.657. The first kappa shape index (κ1) is 15.0. The summed E-state index contributed by atoms with van der Waals surface area (Å²) in [5.41, 5.74) is 0.278. The third-order valence-corrected chi connectivity index (χ3v) is 4.89. The fraction of sp³-hybridized carbons (Fsp3) is 0.714. The largest absolute Gasteiger partial charge is 0.352 e. The monoisotopic (exact) mass is 307 g/mol. The van der Waals surface area contributed by atoms with E-state index in [0.29, 0.717) is 17.8 Å². The van der Waals surface area contributed by atoms with E-state index in [2.05, 4.69) is 22.4 Å². The van der Waals surface area contributed by atoms with Crippen molar-refractivity contribution in [2.75, 3.05) is 7.05 Å². The molecule has 1 amide bonds. The van der Waals surface area contributed by atoms with Gasteiger partial charge in [-0.1, -0.05) is 0 Å². The lowest BCUT2D eigenvalue weighted by atomic mass is 9.98. The second-order valence-electron chi connectivity index (χ2n) is 6.34. The van der Waals surface area contributed by atoms with Crippen LogP contribution in [0.5, 0.6) is 0 Å². The van der Waals surface area contributed by atoms with Crippen LogP contribution in [0, 0.1) is 17.0 Å². The molecule has 0 saturated carbocycles. The first-order valence-electron chi connectivity index (χ1n) is 7.63. The highest BCUT2D eigenvalue weighted by molar-refractivity contribution is 5.76. The Morgan fingerprint density at radius 2 is 2.09 bits per heavy atom. The highest BCUT2D eigenvalue weighted by atomic mass is 16.6. The summed E-state index contributed by atoms with van der Waals surface area (Å²) in [6, 6.07) is 1.34. The van der Waals surface area contributed by atoms with Gasteiger partial charge >= 0.3 is 5.69 Å². The summed E-state index contributed by atoms with van der Waals surface area (Å²) in [7, 11) is 2.16. The molecule has 1 N–H and O–H groups in total. The number of hydrogen-bond acceptors (Lipinski definition) is 5. The zero-order valence-corrected chi connectivity index (χ0v) is 12.9. The van der Waals surface area contributed by atoms with Crippen LogP contribution >= 0.6 is 0 Å². The third kappa shape index (κ3) is 2.83. The second-order valence-corrected chi connectivity index (χ2v) is 6.34. The van der Waals surface area contributed by atoms with Crippen molar-refractivity contribution in [3.05, 3.63) is 22.0 Å². The van der Waals surface area contributed by atoms with Crippen LogP contribution in [0.2, 0.25) is 0 Å². The molecule has 2 unspecified atom stereocenters. The van der Waals surface area contributed by atoms with Gasteiger partial charge in [-0.15, -0.1) is 0 Å². The molecule has 0 aromatic carbocycles. The number of hydrogen-bond donors (Lipinski definition) is 1. The Hall–Kier alpha value is -1.96. The normalized spacial score (nSPS) is 27.8. The number of nitro groups is 1. The van der Waals surface area contributed by atoms with Gasteiger partial charge in [-0.2, -0.15) is 5.10 Å². The molecule has 2 aliphatic rings. The molecular weight excluding hydrogens is 286 g/mol. The van der Waals surface area contributed by atoms with E-state index in [9.17, 15) is 14.9 Å². The molecular formula is C14H21N5O3. The van der Waals surface area contributed by atoms with Crippen molar-refractivity contribution in [1.29, 1.82) is 0 Å². The molecule has 2 bridgehead atoms. The van der Waals surface area contributed by atoms with Gasteiger partial charge in [0, 0.05) is 18.1 Å². The fourth-order valence-electron chi connectivity index (χ4n) is 3.72. The summed E-state index contributed by atoms with van der Waals surface area (Å²) in [6.45, 7) is 1.59. The van der Waals surface area contributed by atoms with Crippen molar-refractivity contribution in [3.8, 4) is 0 Å². The van der Waals surface area contributed by atoms with Crippen LogP contribution in [0.3, 0.4) is 0 Å². The third-order valence-electron chi connectivity index (χ3n) is 4.89. The van der Waals surface area contributed by atoms with Crippen molar-refractivity contribution in [3.63, 3.8) is 0 Å². The van der Waals surface area contributed by atoms with E-state index in [4.69, 9.17) is 0 Å². The van der Waals surface area contributed by atoms with Gasteiger partial charge in [0.05, 0.1) is 4.92 Å². The summed E-state index contributed by atoms with van der Waals surface area (Å²) in [5, 5.41) is 17.9. The number of rotatable bonds is 4. The van der Waals surface area contributed by atoms with E-state index in [0.717, 1.165) is 12.8 Å². The van der Waals surface area contributed by atoms with Crippen LogP contribution in [0.1, 0.15) is 31.4 Å². The van der Waals surface area contributed by atoms with Gasteiger partial charge in [0.2, 0.25) is 5.91 Å². The van der Waals surface area contributed by atoms with Crippen molar-refractivity contribution in [2.24, 2.45) is 0 Å². The van der Waals surface area contributed by atoms with E-state index < -0.39 is 4.92 Å². The molecule has 0 radical (unpaired) electrons. The van der Waals surface area contributed by atoms with Crippen LogP contribution < -0.4 is 5.32 Å². The molecule has 22 heavy (non-hydrogen) atoms. The van der Waals surface area contributed by atoms with Crippen molar-refractivity contribution in [1.82, 2.24) is 20.0 Å². The van der Waals surface area contributed by atoms with E-state index in [1.54, 1.807) is 6.92 Å². The Labute approximate surface area is 128 Å². The van der Waals surface area contributed by atoms with E-state index in [1.807, 2.05) is 0 Å². The minimum atomic E-state index is -0.481. The topological polar surface area (TPSA) is 93.3 Å². The SMILES string of the molecule is Cc1nn(CC(=O)NC2CC3CCC(C2)N3C)cc1[N+](=O)[O-]. The summed E-state index contributed by atoms with van der Waals surface area (Å²) in [5.74, 6) is -0.133. The van der Waals surface area contributed by atoms with Gasteiger partial charge < -0.3 is 10.2 Å². The summed E-state index contributed by atoms with van der Waals surface area (Å²) < 4.78 is 1.34. The lowest BCUT2D eigenvalue weighted by Crippen LogP contribution is -2.49. The van der Waals surface area contributed by atoms with Crippen LogP contribution in [-0.4, -0.2) is 50.7 Å². The number of nitrogens with zero attached hydrogens (tertiary/aromatic N) is 4. The molecule has 120 valence electrons. The number of aromatic nitrogens is 2. The highest BCUT2D eigenvalue weighted by Gasteiger charge is 2.38. The molecule has 3 heterocycles. The fourth-order valence-corrected chi connectivity index (χ4v) is 3.72. The predicted octanol–water partition coefficient (Wildman–Crippen LogP) is 0.841. The first-order valence-corrected chi connectivity index (χ1v) is 7.63. The number of nitrogens with one attached hydrogen (secondary N) is 1. The van der Waals surface area contributed by atoms with Crippen LogP contribution in [0.25, 0.3) is 0 Å². The van der Waals surface area contributed by atoms with E-state index in [-0.39, 0.29) is 24.2 Å². The van der Waals surface area contributed by atoms with Crippen molar-refractivity contribution in [2.45, 2.75) is 57.3 Å². The minimum absolute atomic E-state index is 0.0242. The van der Waals surface area contributed by atoms with Gasteiger partial charge in [-0.25, -0.2) is 0 Å². The van der Waals surface area contributed by atoms with Crippen molar-refractivity contribution >= 4 is 11.6 Å². The molecule has 2 aliphatic heterocycles. The molecule has 8 nitrogen and oxygen atoms in total. The molecule has 2 fully saturated rings. The number of piperidine rings is 1. The second kappa shape index (κ2) is 5.68. The average Bonchev–Trinajstić information content (AvgIpc) is 2.87. The van der Waals surface area contributed by atoms with Crippen LogP contribution in [0.15, 0.2) is 6.20 Å². The van der Waals surface area contributed by atoms with Gasteiger partial charge in [0.1, 0.15) is 18.4 Å². The molecule has 1 aromatic heterocycles. The molecule has 8 heteroatoms. The van der Waals surface area contributed by atoms with Gasteiger partial charge in [0.25, 0.3) is 0 Å². The zero-order valence-electron chi connectivity index (χ0n) is 12.9. The summed E-state index contributed by atoms with van der Waals surface area (Å²) in [6.07, 6.45) is 5.69. The number of amides is 1. The average molecular weight is 307 g/mol. The molecule has 0 spiro atoms. The molecule has 2 saturated heterocycles. The van der Waals surface area contributed by atoms with Crippen LogP contribution in [0.4, 0.5) is 5.69 Å². The van der Waals surface area contributed by atoms with Gasteiger partial charge in [-0.05, 0) is 39.7 Å². The van der Waals surface area contributed by atoms with Gasteiger partial charge in [0.15, 0.2) is 0 Å². The Balaban J connectivity index is 1.57. The Morgan fingerprint density at radius 1 is 1.45 bits per heavy atom. The first-order chi connectivity index (χ1) is 10.4. The summed E-state index contributed by atoms with van der Waals surface area (Å²) in [4.78, 5) is 24.9. The lowest BCUT2D eigenvalue weighted by molar-refractivity contribution is -0.385. The van der Waals surface area contributed by atoms with Crippen molar-refractivity contribution < 1.29 is 9.72 Å². The number of aryl methyl sites for hydroxylation is 1. The standard InChI is InChI=1S/C14H21N5O3/c1-9-13(19(21)22)7-18(16-9)8-14(20)15-10-5-11-3-4-12(6-10)17(11)2/h7,10-12H,3-6,8H2,1-2H3,(H,15,20). The minimum Gasteiger partial charge on any atom is -0.352 e. The number of carbonyl (C=O) groups excluding carboxylic acids is 1. The molecule has 3 rings (SSSR count). The zero-order chi connectivity index (χ0) is 15.9. The number of fused-ring (bicyclic) bond motifs is 2.